The molecule has 4 nitrogen and oxygen atoms in total. The van der Waals surface area contributed by atoms with Crippen molar-refractivity contribution >= 4 is 40.1 Å². The van der Waals surface area contributed by atoms with E-state index in [0.717, 1.165) is 5.69 Å². The Morgan fingerprint density at radius 1 is 1.56 bits per heavy atom. The summed E-state index contributed by atoms with van der Waals surface area (Å²) in [6.07, 6.45) is 0.697. The van der Waals surface area contributed by atoms with Crippen molar-refractivity contribution in [3.05, 3.63) is 29.3 Å². The first kappa shape index (κ1) is 13.2. The number of amidine groups is 1. The number of carbonyl (C=O) groups excluding carboxylic acids is 1. The number of hydrogen-bond acceptors (Lipinski definition) is 4. The molecule has 0 aromatic heterocycles. The molecule has 2 N–H and O–H groups in total. The molecule has 0 saturated carbocycles. The molecule has 1 aliphatic heterocycles. The van der Waals surface area contributed by atoms with Gasteiger partial charge in [0.2, 0.25) is 5.91 Å². The zero-order valence-electron chi connectivity index (χ0n) is 9.94. The second kappa shape index (κ2) is 5.63. The molecule has 0 spiro atoms. The summed E-state index contributed by atoms with van der Waals surface area (Å²) in [7, 11) is 1.64. The molecule has 1 aliphatic rings. The highest BCUT2D eigenvalue weighted by Crippen LogP contribution is 2.27. The number of thioether (sulfide) groups is 1. The SMILES string of the molecule is CN1C(=N)SC(CCNc2cccc(Cl)c2)C1=O. The zero-order chi connectivity index (χ0) is 13.1. The lowest BCUT2D eigenvalue weighted by Gasteiger charge is -2.10. The van der Waals surface area contributed by atoms with E-state index >= 15 is 0 Å². The van der Waals surface area contributed by atoms with Gasteiger partial charge in [0.15, 0.2) is 5.17 Å². The first-order chi connectivity index (χ1) is 8.58. The van der Waals surface area contributed by atoms with E-state index < -0.39 is 0 Å². The summed E-state index contributed by atoms with van der Waals surface area (Å²) in [6, 6.07) is 7.48. The second-order valence-corrected chi connectivity index (χ2v) is 5.66. The third kappa shape index (κ3) is 2.97. The van der Waals surface area contributed by atoms with Gasteiger partial charge in [-0.2, -0.15) is 0 Å². The first-order valence-corrected chi connectivity index (χ1v) is 6.86. The molecule has 2 rings (SSSR count). The average Bonchev–Trinajstić information content (AvgIpc) is 2.57. The van der Waals surface area contributed by atoms with Crippen molar-refractivity contribution in [2.45, 2.75) is 11.7 Å². The molecule has 6 heteroatoms. The number of anilines is 1. The molecule has 1 unspecified atom stereocenters. The summed E-state index contributed by atoms with van der Waals surface area (Å²) in [5, 5.41) is 11.7. The van der Waals surface area contributed by atoms with Crippen LogP contribution in [0.2, 0.25) is 5.02 Å². The van der Waals surface area contributed by atoms with Crippen LogP contribution in [0, 0.1) is 5.41 Å². The smallest absolute Gasteiger partial charge is 0.241 e. The standard InChI is InChI=1S/C12H14ClN3OS/c1-16-11(17)10(18-12(16)14)5-6-15-9-4-2-3-8(13)7-9/h2-4,7,10,14-15H,5-6H2,1H3. The molecule has 1 aromatic carbocycles. The van der Waals surface area contributed by atoms with E-state index in [1.807, 2.05) is 24.3 Å². The van der Waals surface area contributed by atoms with Crippen molar-refractivity contribution in [1.82, 2.24) is 4.90 Å². The Bertz CT molecular complexity index is 480. The van der Waals surface area contributed by atoms with Crippen molar-refractivity contribution < 1.29 is 4.79 Å². The topological polar surface area (TPSA) is 56.2 Å². The van der Waals surface area contributed by atoms with Crippen molar-refractivity contribution in [2.24, 2.45) is 0 Å². The number of carbonyl (C=O) groups is 1. The molecule has 0 radical (unpaired) electrons. The summed E-state index contributed by atoms with van der Waals surface area (Å²) < 4.78 is 0. The highest BCUT2D eigenvalue weighted by atomic mass is 35.5. The van der Waals surface area contributed by atoms with Crippen LogP contribution in [0.25, 0.3) is 0 Å². The van der Waals surface area contributed by atoms with Crippen LogP contribution >= 0.6 is 23.4 Å². The van der Waals surface area contributed by atoms with E-state index in [2.05, 4.69) is 5.32 Å². The predicted molar refractivity (Wildman–Crippen MR) is 76.4 cm³/mol. The normalized spacial score (nSPS) is 19.4. The van der Waals surface area contributed by atoms with Gasteiger partial charge in [-0.1, -0.05) is 29.4 Å². The number of benzene rings is 1. The van der Waals surface area contributed by atoms with Crippen LogP contribution in [0.1, 0.15) is 6.42 Å². The molecule has 0 bridgehead atoms. The number of nitrogens with one attached hydrogen (secondary N) is 2. The van der Waals surface area contributed by atoms with Crippen molar-refractivity contribution in [3.63, 3.8) is 0 Å². The average molecular weight is 284 g/mol. The van der Waals surface area contributed by atoms with Gasteiger partial charge in [-0.15, -0.1) is 0 Å². The Morgan fingerprint density at radius 2 is 2.33 bits per heavy atom. The maximum absolute atomic E-state index is 11.7. The number of rotatable bonds is 4. The number of nitrogens with zero attached hydrogens (tertiary/aromatic N) is 1. The van der Waals surface area contributed by atoms with Crippen LogP contribution in [0.4, 0.5) is 5.69 Å². The summed E-state index contributed by atoms with van der Waals surface area (Å²) in [4.78, 5) is 13.1. The monoisotopic (exact) mass is 283 g/mol. The molecule has 1 aromatic rings. The minimum atomic E-state index is -0.144. The van der Waals surface area contributed by atoms with Crippen LogP contribution in [0.3, 0.4) is 0 Å². The fourth-order valence-electron chi connectivity index (χ4n) is 1.71. The van der Waals surface area contributed by atoms with Gasteiger partial charge >= 0.3 is 0 Å². The number of hydrogen-bond donors (Lipinski definition) is 2. The Morgan fingerprint density at radius 3 is 2.94 bits per heavy atom. The minimum absolute atomic E-state index is 0.0119. The third-order valence-corrected chi connectivity index (χ3v) is 4.18. The second-order valence-electron chi connectivity index (χ2n) is 4.03. The van der Waals surface area contributed by atoms with Gasteiger partial charge in [-0.05, 0) is 24.6 Å². The van der Waals surface area contributed by atoms with Crippen LogP contribution in [-0.4, -0.2) is 34.8 Å². The molecule has 1 fully saturated rings. The lowest BCUT2D eigenvalue weighted by atomic mass is 10.2. The quantitative estimate of drug-likeness (QED) is 0.893. The lowest BCUT2D eigenvalue weighted by molar-refractivity contribution is -0.125. The Balaban J connectivity index is 1.83. The first-order valence-electron chi connectivity index (χ1n) is 5.60. The van der Waals surface area contributed by atoms with Crippen LogP contribution in [-0.2, 0) is 4.79 Å². The van der Waals surface area contributed by atoms with E-state index in [9.17, 15) is 4.79 Å². The molecule has 1 atom stereocenters. The predicted octanol–water partition coefficient (Wildman–Crippen LogP) is 2.65. The van der Waals surface area contributed by atoms with Crippen molar-refractivity contribution in [2.75, 3.05) is 18.9 Å². The van der Waals surface area contributed by atoms with E-state index in [0.29, 0.717) is 23.2 Å². The van der Waals surface area contributed by atoms with E-state index in [-0.39, 0.29) is 11.2 Å². The molecule has 18 heavy (non-hydrogen) atoms. The highest BCUT2D eigenvalue weighted by molar-refractivity contribution is 8.15. The Hall–Kier alpha value is -1.20. The van der Waals surface area contributed by atoms with Gasteiger partial charge in [0.1, 0.15) is 0 Å². The largest absolute Gasteiger partial charge is 0.385 e. The maximum Gasteiger partial charge on any atom is 0.241 e. The molecular formula is C12H14ClN3OS. The highest BCUT2D eigenvalue weighted by Gasteiger charge is 2.33. The van der Waals surface area contributed by atoms with E-state index in [1.54, 1.807) is 7.05 Å². The van der Waals surface area contributed by atoms with Gasteiger partial charge in [0.25, 0.3) is 0 Å². The molecule has 1 saturated heterocycles. The summed E-state index contributed by atoms with van der Waals surface area (Å²) >= 11 is 7.19. The van der Waals surface area contributed by atoms with Gasteiger partial charge < -0.3 is 5.32 Å². The molecular weight excluding hydrogens is 270 g/mol. The third-order valence-electron chi connectivity index (χ3n) is 2.72. The van der Waals surface area contributed by atoms with Crippen LogP contribution in [0.15, 0.2) is 24.3 Å². The van der Waals surface area contributed by atoms with Crippen molar-refractivity contribution in [1.29, 1.82) is 5.41 Å². The van der Waals surface area contributed by atoms with Gasteiger partial charge in [0.05, 0.1) is 5.25 Å². The minimum Gasteiger partial charge on any atom is -0.385 e. The number of amides is 1. The Kier molecular flexibility index (Phi) is 4.14. The lowest BCUT2D eigenvalue weighted by Crippen LogP contribution is -2.28. The van der Waals surface area contributed by atoms with E-state index in [1.165, 1.54) is 16.7 Å². The summed E-state index contributed by atoms with van der Waals surface area (Å²) in [5.41, 5.74) is 0.946. The summed E-state index contributed by atoms with van der Waals surface area (Å²) in [5.74, 6) is 0.0119. The van der Waals surface area contributed by atoms with Gasteiger partial charge in [-0.25, -0.2) is 0 Å². The van der Waals surface area contributed by atoms with Gasteiger partial charge in [0, 0.05) is 24.3 Å². The molecule has 1 amide bonds. The fraction of sp³-hybridized carbons (Fsp3) is 0.333. The zero-order valence-corrected chi connectivity index (χ0v) is 11.5. The maximum atomic E-state index is 11.7. The van der Waals surface area contributed by atoms with Crippen LogP contribution in [0.5, 0.6) is 0 Å². The fourth-order valence-corrected chi connectivity index (χ4v) is 2.91. The summed E-state index contributed by atoms with van der Waals surface area (Å²) in [6.45, 7) is 0.685. The van der Waals surface area contributed by atoms with E-state index in [4.69, 9.17) is 17.0 Å². The van der Waals surface area contributed by atoms with Crippen molar-refractivity contribution in [3.8, 4) is 0 Å². The van der Waals surface area contributed by atoms with Gasteiger partial charge in [-0.3, -0.25) is 15.1 Å². The van der Waals surface area contributed by atoms with Crippen LogP contribution < -0.4 is 5.32 Å². The Labute approximate surface area is 115 Å². The molecule has 96 valence electrons. The molecule has 0 aliphatic carbocycles. The number of halogens is 1. The molecule has 1 heterocycles.